The average Bonchev–Trinajstić information content (AvgIpc) is 2.34. The van der Waals surface area contributed by atoms with Gasteiger partial charge in [-0.05, 0) is 0 Å². The van der Waals surface area contributed by atoms with Crippen molar-refractivity contribution in [3.63, 3.8) is 0 Å². The molecule has 0 saturated carbocycles. The van der Waals surface area contributed by atoms with Gasteiger partial charge in [-0.1, -0.05) is 11.8 Å². The Hall–Kier alpha value is -1.04. The molecule has 11 heavy (non-hydrogen) atoms. The lowest BCUT2D eigenvalue weighted by Crippen LogP contribution is -2.57. The molecule has 6 heteroatoms. The van der Waals surface area contributed by atoms with Crippen LogP contribution < -0.4 is 10.6 Å². The molecule has 2 atom stereocenters. The zero-order chi connectivity index (χ0) is 7.84. The number of amides is 3. The van der Waals surface area contributed by atoms with Gasteiger partial charge in [0, 0.05) is 0 Å². The number of thioether (sulfide) groups is 1. The molecule has 0 aromatic rings. The first-order valence-electron chi connectivity index (χ1n) is 3.06. The molecule has 5 nitrogen and oxygen atoms in total. The molecular formula is C5H5N3O2S. The van der Waals surface area contributed by atoms with Crippen LogP contribution in [0.4, 0.5) is 4.79 Å². The number of carbonyl (C=O) groups is 2. The van der Waals surface area contributed by atoms with Gasteiger partial charge in [0.05, 0.1) is 5.55 Å². The van der Waals surface area contributed by atoms with Crippen LogP contribution in [0.2, 0.25) is 0 Å². The molecule has 2 unspecified atom stereocenters. The fraction of sp³-hybridized carbons (Fsp3) is 0.400. The van der Waals surface area contributed by atoms with E-state index in [1.54, 1.807) is 5.55 Å². The molecule has 58 valence electrons. The summed E-state index contributed by atoms with van der Waals surface area (Å²) in [6.45, 7) is 0. The fourth-order valence-corrected chi connectivity index (χ4v) is 1.84. The third-order valence-electron chi connectivity index (χ3n) is 1.49. The number of nitrogens with zero attached hydrogens (tertiary/aromatic N) is 1. The molecule has 2 heterocycles. The quantitative estimate of drug-likeness (QED) is 0.506. The molecule has 0 aliphatic carbocycles. The molecular weight excluding hydrogens is 166 g/mol. The third kappa shape index (κ3) is 0.988. The van der Waals surface area contributed by atoms with Crippen molar-refractivity contribution >= 4 is 29.2 Å². The van der Waals surface area contributed by atoms with Gasteiger partial charge in [0.2, 0.25) is 0 Å². The highest BCUT2D eigenvalue weighted by molar-refractivity contribution is 8.13. The van der Waals surface area contributed by atoms with Crippen LogP contribution in [0.1, 0.15) is 0 Å². The van der Waals surface area contributed by atoms with E-state index in [1.807, 2.05) is 0 Å². The van der Waals surface area contributed by atoms with Crippen molar-refractivity contribution < 1.29 is 9.59 Å². The molecule has 1 saturated heterocycles. The normalized spacial score (nSPS) is 34.5. The van der Waals surface area contributed by atoms with Gasteiger partial charge in [0.1, 0.15) is 5.37 Å². The standard InChI is InChI=1S/C5H5N3O2S/c9-3-2-4(11-1-6-2)8-5(10)7-3/h1-2,4H,(H2,7,8,9,10). The maximum atomic E-state index is 11.0. The van der Waals surface area contributed by atoms with Crippen LogP contribution in [-0.4, -0.2) is 28.9 Å². The van der Waals surface area contributed by atoms with E-state index in [2.05, 4.69) is 15.6 Å². The fourth-order valence-electron chi connectivity index (χ4n) is 0.988. The molecule has 2 N–H and O–H groups in total. The van der Waals surface area contributed by atoms with Crippen LogP contribution in [0.5, 0.6) is 0 Å². The number of hydrogen-bond acceptors (Lipinski definition) is 4. The smallest absolute Gasteiger partial charge is 0.322 e. The minimum absolute atomic E-state index is 0.198. The van der Waals surface area contributed by atoms with Crippen LogP contribution >= 0.6 is 11.8 Å². The second-order valence-corrected chi connectivity index (χ2v) is 3.21. The number of fused-ring (bicyclic) bond motifs is 1. The van der Waals surface area contributed by atoms with Gasteiger partial charge >= 0.3 is 6.03 Å². The van der Waals surface area contributed by atoms with Crippen LogP contribution in [0, 0.1) is 0 Å². The van der Waals surface area contributed by atoms with E-state index >= 15 is 0 Å². The van der Waals surface area contributed by atoms with Crippen molar-refractivity contribution in [2.45, 2.75) is 11.4 Å². The van der Waals surface area contributed by atoms with Gasteiger partial charge in [-0.3, -0.25) is 15.1 Å². The van der Waals surface area contributed by atoms with Crippen molar-refractivity contribution in [3.05, 3.63) is 0 Å². The van der Waals surface area contributed by atoms with Crippen molar-refractivity contribution in [2.24, 2.45) is 4.99 Å². The van der Waals surface area contributed by atoms with Gasteiger partial charge < -0.3 is 5.32 Å². The first-order chi connectivity index (χ1) is 5.27. The van der Waals surface area contributed by atoms with E-state index in [-0.39, 0.29) is 11.3 Å². The molecule has 2 rings (SSSR count). The Labute approximate surface area is 66.6 Å². The van der Waals surface area contributed by atoms with Crippen LogP contribution in [0.15, 0.2) is 4.99 Å². The molecule has 2 aliphatic rings. The molecule has 0 spiro atoms. The minimum atomic E-state index is -0.436. The number of carbonyl (C=O) groups excluding carboxylic acids is 2. The first kappa shape index (κ1) is 6.66. The second kappa shape index (κ2) is 2.23. The van der Waals surface area contributed by atoms with Crippen LogP contribution in [0.25, 0.3) is 0 Å². The molecule has 0 radical (unpaired) electrons. The third-order valence-corrected chi connectivity index (χ3v) is 2.41. The number of nitrogens with one attached hydrogen (secondary N) is 2. The summed E-state index contributed by atoms with van der Waals surface area (Å²) in [6.07, 6.45) is 0. The topological polar surface area (TPSA) is 70.6 Å². The highest BCUT2D eigenvalue weighted by Crippen LogP contribution is 2.21. The predicted molar refractivity (Wildman–Crippen MR) is 40.3 cm³/mol. The molecule has 3 amide bonds. The summed E-state index contributed by atoms with van der Waals surface area (Å²) in [5.74, 6) is -0.319. The summed E-state index contributed by atoms with van der Waals surface area (Å²) in [5.41, 5.74) is 1.58. The summed E-state index contributed by atoms with van der Waals surface area (Å²) in [5, 5.41) is 4.51. The van der Waals surface area contributed by atoms with Gasteiger partial charge in [-0.15, -0.1) is 0 Å². The van der Waals surface area contributed by atoms with Crippen molar-refractivity contribution in [2.75, 3.05) is 0 Å². The highest BCUT2D eigenvalue weighted by atomic mass is 32.2. The van der Waals surface area contributed by atoms with Crippen molar-refractivity contribution in [1.29, 1.82) is 0 Å². The highest BCUT2D eigenvalue weighted by Gasteiger charge is 2.37. The predicted octanol–water partition coefficient (Wildman–Crippen LogP) is -0.704. The van der Waals surface area contributed by atoms with Gasteiger partial charge in [0.15, 0.2) is 6.04 Å². The summed E-state index contributed by atoms with van der Waals surface area (Å²) in [4.78, 5) is 25.6. The summed E-state index contributed by atoms with van der Waals surface area (Å²) in [7, 11) is 0. The Kier molecular flexibility index (Phi) is 1.35. The Morgan fingerprint density at radius 1 is 1.55 bits per heavy atom. The molecule has 0 aromatic carbocycles. The van der Waals surface area contributed by atoms with E-state index in [1.165, 1.54) is 11.8 Å². The van der Waals surface area contributed by atoms with Gasteiger partial charge in [-0.25, -0.2) is 4.79 Å². The molecule has 1 fully saturated rings. The Balaban J connectivity index is 2.21. The van der Waals surface area contributed by atoms with Gasteiger partial charge in [0.25, 0.3) is 5.91 Å². The molecule has 0 bridgehead atoms. The lowest BCUT2D eigenvalue weighted by Gasteiger charge is -2.22. The maximum Gasteiger partial charge on any atom is 0.322 e. The van der Waals surface area contributed by atoms with Crippen molar-refractivity contribution in [3.8, 4) is 0 Å². The van der Waals surface area contributed by atoms with E-state index in [0.717, 1.165) is 0 Å². The Morgan fingerprint density at radius 2 is 2.36 bits per heavy atom. The SMILES string of the molecule is O=C1NC(=O)C2N=CSC2N1. The minimum Gasteiger partial charge on any atom is -0.323 e. The largest absolute Gasteiger partial charge is 0.323 e. The van der Waals surface area contributed by atoms with Gasteiger partial charge in [-0.2, -0.15) is 0 Å². The van der Waals surface area contributed by atoms with E-state index in [0.29, 0.717) is 0 Å². The molecule has 2 aliphatic heterocycles. The second-order valence-electron chi connectivity index (χ2n) is 2.22. The number of imide groups is 1. The van der Waals surface area contributed by atoms with Crippen molar-refractivity contribution in [1.82, 2.24) is 10.6 Å². The van der Waals surface area contributed by atoms with E-state index in [9.17, 15) is 9.59 Å². The number of hydrogen-bond donors (Lipinski definition) is 2. The Morgan fingerprint density at radius 3 is 3.18 bits per heavy atom. The lowest BCUT2D eigenvalue weighted by atomic mass is 10.2. The number of urea groups is 1. The zero-order valence-corrected chi connectivity index (χ0v) is 6.22. The number of rotatable bonds is 0. The monoisotopic (exact) mass is 171 g/mol. The summed E-state index contributed by atoms with van der Waals surface area (Å²) >= 11 is 1.35. The average molecular weight is 171 g/mol. The van der Waals surface area contributed by atoms with E-state index in [4.69, 9.17) is 0 Å². The maximum absolute atomic E-state index is 11.0. The first-order valence-corrected chi connectivity index (χ1v) is 4.00. The number of aliphatic imine (C=N–C) groups is 1. The van der Waals surface area contributed by atoms with Crippen LogP contribution in [-0.2, 0) is 4.79 Å². The van der Waals surface area contributed by atoms with Crippen LogP contribution in [0.3, 0.4) is 0 Å². The van der Waals surface area contributed by atoms with E-state index < -0.39 is 12.1 Å². The lowest BCUT2D eigenvalue weighted by molar-refractivity contribution is -0.121. The summed E-state index contributed by atoms with van der Waals surface area (Å²) < 4.78 is 0. The zero-order valence-electron chi connectivity index (χ0n) is 5.40. The molecule has 0 aromatic heterocycles. The summed E-state index contributed by atoms with van der Waals surface area (Å²) in [6, 6.07) is -0.869. The Bertz CT molecular complexity index is 252.